The maximum atomic E-state index is 12.4. The summed E-state index contributed by atoms with van der Waals surface area (Å²) in [5.41, 5.74) is 0.343. The lowest BCUT2D eigenvalue weighted by Gasteiger charge is -2.20. The van der Waals surface area contributed by atoms with Crippen LogP contribution in [0.3, 0.4) is 0 Å². The topological polar surface area (TPSA) is 66.5 Å². The van der Waals surface area contributed by atoms with Gasteiger partial charge >= 0.3 is 0 Å². The molecule has 0 aromatic heterocycles. The number of benzene rings is 2. The molecule has 0 saturated heterocycles. The molecule has 0 aliphatic rings. The molecule has 0 radical (unpaired) electrons. The van der Waals surface area contributed by atoms with E-state index < -0.39 is 9.84 Å². The molecule has 2 rings (SSSR count). The summed E-state index contributed by atoms with van der Waals surface area (Å²) < 4.78 is 24.8. The zero-order valence-corrected chi connectivity index (χ0v) is 17.7. The Labute approximate surface area is 174 Å². The number of amides is 1. The molecule has 1 amide bonds. The van der Waals surface area contributed by atoms with Gasteiger partial charge in [0.2, 0.25) is 5.91 Å². The first kappa shape index (κ1) is 22.0. The Hall–Kier alpha value is -1.31. The van der Waals surface area contributed by atoms with Gasteiger partial charge in [-0.1, -0.05) is 47.8 Å². The molecule has 9 heteroatoms. The Morgan fingerprint density at radius 2 is 1.63 bits per heavy atom. The highest BCUT2D eigenvalue weighted by molar-refractivity contribution is 7.91. The SMILES string of the molecule is CCN(CCS(=O)(=O)c1ccc(Cl)cc1)CC(=O)Nc1c(Cl)cccc1Cl. The number of nitrogens with one attached hydrogen (secondary N) is 1. The molecular weight excluding hydrogens is 431 g/mol. The molecule has 0 atom stereocenters. The fourth-order valence-electron chi connectivity index (χ4n) is 2.36. The second kappa shape index (κ2) is 9.75. The van der Waals surface area contributed by atoms with E-state index in [0.29, 0.717) is 27.3 Å². The van der Waals surface area contributed by atoms with Crippen LogP contribution in [-0.2, 0) is 14.6 Å². The van der Waals surface area contributed by atoms with Crippen LogP contribution in [0, 0.1) is 0 Å². The number of carbonyl (C=O) groups excluding carboxylic acids is 1. The van der Waals surface area contributed by atoms with E-state index in [1.807, 2.05) is 6.92 Å². The van der Waals surface area contributed by atoms with Gasteiger partial charge in [0, 0.05) is 11.6 Å². The van der Waals surface area contributed by atoms with Crippen molar-refractivity contribution in [2.45, 2.75) is 11.8 Å². The van der Waals surface area contributed by atoms with E-state index in [1.165, 1.54) is 24.3 Å². The number of hydrogen-bond acceptors (Lipinski definition) is 4. The molecule has 0 bridgehead atoms. The van der Waals surface area contributed by atoms with Gasteiger partial charge in [-0.25, -0.2) is 8.42 Å². The van der Waals surface area contributed by atoms with Crippen LogP contribution in [0.15, 0.2) is 47.4 Å². The van der Waals surface area contributed by atoms with Gasteiger partial charge in [0.1, 0.15) is 0 Å². The van der Waals surface area contributed by atoms with Crippen molar-refractivity contribution in [1.29, 1.82) is 0 Å². The maximum Gasteiger partial charge on any atom is 0.238 e. The molecule has 0 aliphatic heterocycles. The summed E-state index contributed by atoms with van der Waals surface area (Å²) >= 11 is 17.9. The Balaban J connectivity index is 1.97. The Kier molecular flexibility index (Phi) is 7.94. The lowest BCUT2D eigenvalue weighted by molar-refractivity contribution is -0.117. The van der Waals surface area contributed by atoms with Crippen LogP contribution < -0.4 is 5.32 Å². The van der Waals surface area contributed by atoms with E-state index in [4.69, 9.17) is 34.8 Å². The van der Waals surface area contributed by atoms with Crippen molar-refractivity contribution < 1.29 is 13.2 Å². The Bertz CT molecular complexity index is 882. The summed E-state index contributed by atoms with van der Waals surface area (Å²) in [5, 5.41) is 3.82. The zero-order valence-electron chi connectivity index (χ0n) is 14.6. The van der Waals surface area contributed by atoms with Crippen LogP contribution in [0.5, 0.6) is 0 Å². The van der Waals surface area contributed by atoms with Crippen LogP contribution >= 0.6 is 34.8 Å². The largest absolute Gasteiger partial charge is 0.322 e. The van der Waals surface area contributed by atoms with Gasteiger partial charge in [-0.2, -0.15) is 0 Å². The molecule has 0 heterocycles. The lowest BCUT2D eigenvalue weighted by atomic mass is 10.3. The van der Waals surface area contributed by atoms with Crippen molar-refractivity contribution in [2.75, 3.05) is 30.7 Å². The first-order valence-corrected chi connectivity index (χ1v) is 11.0. The minimum absolute atomic E-state index is 0.0220. The van der Waals surface area contributed by atoms with Crippen molar-refractivity contribution in [3.63, 3.8) is 0 Å². The summed E-state index contributed by atoms with van der Waals surface area (Å²) in [6.07, 6.45) is 0. The van der Waals surface area contributed by atoms with Crippen LogP contribution in [0.4, 0.5) is 5.69 Å². The molecule has 5 nitrogen and oxygen atoms in total. The minimum Gasteiger partial charge on any atom is -0.322 e. The van der Waals surface area contributed by atoms with E-state index >= 15 is 0 Å². The summed E-state index contributed by atoms with van der Waals surface area (Å²) in [5.74, 6) is -0.432. The van der Waals surface area contributed by atoms with Gasteiger partial charge in [0.05, 0.1) is 32.9 Å². The highest BCUT2D eigenvalue weighted by atomic mass is 35.5. The van der Waals surface area contributed by atoms with E-state index in [0.717, 1.165) is 0 Å². The second-order valence-electron chi connectivity index (χ2n) is 5.79. The maximum absolute atomic E-state index is 12.4. The molecule has 2 aromatic rings. The lowest BCUT2D eigenvalue weighted by Crippen LogP contribution is -2.36. The van der Waals surface area contributed by atoms with Crippen molar-refractivity contribution in [3.05, 3.63) is 57.5 Å². The zero-order chi connectivity index (χ0) is 20.0. The van der Waals surface area contributed by atoms with Crippen molar-refractivity contribution in [2.24, 2.45) is 0 Å². The fourth-order valence-corrected chi connectivity index (χ4v) is 4.26. The molecular formula is C18H19Cl3N2O3S. The normalized spacial score (nSPS) is 11.6. The molecule has 27 heavy (non-hydrogen) atoms. The summed E-state index contributed by atoms with van der Waals surface area (Å²) in [6, 6.07) is 10.9. The first-order chi connectivity index (χ1) is 12.7. The number of anilines is 1. The molecule has 0 aliphatic carbocycles. The van der Waals surface area contributed by atoms with Crippen molar-refractivity contribution >= 4 is 56.2 Å². The number of hydrogen-bond donors (Lipinski definition) is 1. The Morgan fingerprint density at radius 3 is 2.19 bits per heavy atom. The number of para-hydroxylation sites is 1. The van der Waals surface area contributed by atoms with Crippen molar-refractivity contribution in [1.82, 2.24) is 4.90 Å². The second-order valence-corrected chi connectivity index (χ2v) is 9.15. The number of nitrogens with zero attached hydrogens (tertiary/aromatic N) is 1. The average Bonchev–Trinajstić information content (AvgIpc) is 2.62. The van der Waals surface area contributed by atoms with Gasteiger partial charge in [0.25, 0.3) is 0 Å². The highest BCUT2D eigenvalue weighted by Gasteiger charge is 2.18. The van der Waals surface area contributed by atoms with Crippen molar-refractivity contribution in [3.8, 4) is 0 Å². The third-order valence-electron chi connectivity index (χ3n) is 3.89. The highest BCUT2D eigenvalue weighted by Crippen LogP contribution is 2.29. The number of carbonyl (C=O) groups is 1. The van der Waals surface area contributed by atoms with Crippen LogP contribution in [0.25, 0.3) is 0 Å². The van der Waals surface area contributed by atoms with E-state index in [1.54, 1.807) is 23.1 Å². The smallest absolute Gasteiger partial charge is 0.238 e. The summed E-state index contributed by atoms with van der Waals surface area (Å²) in [6.45, 7) is 2.60. The van der Waals surface area contributed by atoms with Gasteiger partial charge in [0.15, 0.2) is 9.84 Å². The number of rotatable bonds is 8. The van der Waals surface area contributed by atoms with E-state index in [-0.39, 0.29) is 29.6 Å². The predicted molar refractivity (Wildman–Crippen MR) is 111 cm³/mol. The first-order valence-electron chi connectivity index (χ1n) is 8.17. The van der Waals surface area contributed by atoms with Crippen LogP contribution in [-0.4, -0.2) is 44.6 Å². The molecule has 0 spiro atoms. The van der Waals surface area contributed by atoms with Gasteiger partial charge in [-0.15, -0.1) is 0 Å². The number of sulfone groups is 1. The molecule has 0 fully saturated rings. The average molecular weight is 450 g/mol. The quantitative estimate of drug-likeness (QED) is 0.649. The molecule has 0 unspecified atom stereocenters. The Morgan fingerprint density at radius 1 is 1.04 bits per heavy atom. The molecule has 0 saturated carbocycles. The molecule has 1 N–H and O–H groups in total. The number of halogens is 3. The van der Waals surface area contributed by atoms with Crippen LogP contribution in [0.2, 0.25) is 15.1 Å². The summed E-state index contributed by atoms with van der Waals surface area (Å²) in [4.78, 5) is 14.2. The third kappa shape index (κ3) is 6.36. The van der Waals surface area contributed by atoms with E-state index in [2.05, 4.69) is 5.32 Å². The third-order valence-corrected chi connectivity index (χ3v) is 6.48. The fraction of sp³-hybridized carbons (Fsp3) is 0.278. The van der Waals surface area contributed by atoms with Gasteiger partial charge < -0.3 is 5.32 Å². The molecule has 2 aromatic carbocycles. The predicted octanol–water partition coefficient (Wildman–Crippen LogP) is 4.38. The standard InChI is InChI=1S/C18H19Cl3N2O3S/c1-2-23(10-11-27(25,26)14-8-6-13(19)7-9-14)12-17(24)22-18-15(20)4-3-5-16(18)21/h3-9H,2,10-12H2,1H3,(H,22,24). The minimum atomic E-state index is -3.46. The van der Waals surface area contributed by atoms with E-state index in [9.17, 15) is 13.2 Å². The number of likely N-dealkylation sites (N-methyl/N-ethyl adjacent to an activating group) is 1. The van der Waals surface area contributed by atoms with Gasteiger partial charge in [-0.05, 0) is 42.9 Å². The molecule has 146 valence electrons. The van der Waals surface area contributed by atoms with Crippen LogP contribution in [0.1, 0.15) is 6.92 Å². The monoisotopic (exact) mass is 448 g/mol. The van der Waals surface area contributed by atoms with Gasteiger partial charge in [-0.3, -0.25) is 9.69 Å². The summed E-state index contributed by atoms with van der Waals surface area (Å²) in [7, 11) is -3.46.